The van der Waals surface area contributed by atoms with Crippen molar-refractivity contribution in [1.82, 2.24) is 15.1 Å². The van der Waals surface area contributed by atoms with Gasteiger partial charge in [0.15, 0.2) is 0 Å². The fourth-order valence-corrected chi connectivity index (χ4v) is 4.98. The Kier molecular flexibility index (Phi) is 7.16. The van der Waals surface area contributed by atoms with E-state index in [2.05, 4.69) is 45.3 Å². The zero-order valence-corrected chi connectivity index (χ0v) is 19.1. The van der Waals surface area contributed by atoms with Crippen molar-refractivity contribution in [2.75, 3.05) is 13.7 Å². The van der Waals surface area contributed by atoms with E-state index >= 15 is 0 Å². The summed E-state index contributed by atoms with van der Waals surface area (Å²) in [5, 5.41) is 17.5. The summed E-state index contributed by atoms with van der Waals surface area (Å²) >= 11 is 0. The van der Waals surface area contributed by atoms with E-state index in [1.54, 1.807) is 13.2 Å². The average Bonchev–Trinajstić information content (AvgIpc) is 3.61. The minimum absolute atomic E-state index is 0.0675. The van der Waals surface area contributed by atoms with Crippen molar-refractivity contribution in [3.8, 4) is 6.07 Å². The number of nitrogens with one attached hydrogen (secondary N) is 1. The lowest BCUT2D eigenvalue weighted by molar-refractivity contribution is 0.00241. The van der Waals surface area contributed by atoms with E-state index in [0.717, 1.165) is 53.9 Å². The van der Waals surface area contributed by atoms with Gasteiger partial charge in [0.1, 0.15) is 5.84 Å². The second-order valence-corrected chi connectivity index (χ2v) is 8.61. The molecule has 0 saturated heterocycles. The van der Waals surface area contributed by atoms with Crippen LogP contribution in [0.5, 0.6) is 0 Å². The molecule has 170 valence electrons. The van der Waals surface area contributed by atoms with Crippen molar-refractivity contribution in [2.45, 2.75) is 44.8 Å². The number of amidine groups is 1. The Hall–Kier alpha value is -3.50. The van der Waals surface area contributed by atoms with E-state index in [0.29, 0.717) is 19.6 Å². The Morgan fingerprint density at radius 2 is 2.12 bits per heavy atom. The number of aliphatic imine (C=N–C) groups is 2. The van der Waals surface area contributed by atoms with Crippen LogP contribution in [-0.4, -0.2) is 36.0 Å². The number of ether oxygens (including phenoxy) is 1. The van der Waals surface area contributed by atoms with Crippen LogP contribution in [0.2, 0.25) is 0 Å². The topological polar surface area (TPSA) is 87.6 Å². The molecule has 2 aliphatic rings. The van der Waals surface area contributed by atoms with Crippen LogP contribution in [-0.2, 0) is 11.3 Å². The van der Waals surface area contributed by atoms with E-state index in [-0.39, 0.29) is 11.5 Å². The van der Waals surface area contributed by atoms with Crippen LogP contribution in [0.4, 0.5) is 0 Å². The normalized spacial score (nSPS) is 20.4. The van der Waals surface area contributed by atoms with Gasteiger partial charge in [-0.1, -0.05) is 43.2 Å². The van der Waals surface area contributed by atoms with E-state index in [4.69, 9.17) is 4.74 Å². The molecular weight excluding hydrogens is 412 g/mol. The molecule has 1 unspecified atom stereocenters. The maximum atomic E-state index is 9.67. The third-order valence-electron chi connectivity index (χ3n) is 6.65. The zero-order chi connectivity index (χ0) is 23.1. The lowest BCUT2D eigenvalue weighted by atomic mass is 9.78. The highest BCUT2D eigenvalue weighted by Crippen LogP contribution is 2.48. The second-order valence-electron chi connectivity index (χ2n) is 8.61. The van der Waals surface area contributed by atoms with Gasteiger partial charge in [0, 0.05) is 36.0 Å². The van der Waals surface area contributed by atoms with Crippen molar-refractivity contribution in [3.63, 3.8) is 0 Å². The SMILES string of the molecule is C=N/C(=C1/C=CNC1=NC)c1cnn(C(CC#N)C2(COCc3ccccc3)CCCC2)c1. The van der Waals surface area contributed by atoms with Crippen LogP contribution in [0.1, 0.15) is 49.3 Å². The highest BCUT2D eigenvalue weighted by Gasteiger charge is 2.43. The molecule has 2 heterocycles. The number of benzene rings is 1. The van der Waals surface area contributed by atoms with Gasteiger partial charge in [-0.3, -0.25) is 14.7 Å². The van der Waals surface area contributed by atoms with Crippen molar-refractivity contribution in [1.29, 1.82) is 5.26 Å². The Balaban J connectivity index is 1.60. The first-order valence-corrected chi connectivity index (χ1v) is 11.3. The van der Waals surface area contributed by atoms with Gasteiger partial charge >= 0.3 is 0 Å². The molecule has 1 aromatic carbocycles. The lowest BCUT2D eigenvalue weighted by Gasteiger charge is -2.36. The largest absolute Gasteiger partial charge is 0.376 e. The van der Waals surface area contributed by atoms with Gasteiger partial charge in [-0.2, -0.15) is 10.4 Å². The van der Waals surface area contributed by atoms with E-state index in [1.807, 2.05) is 41.4 Å². The van der Waals surface area contributed by atoms with Crippen LogP contribution >= 0.6 is 0 Å². The summed E-state index contributed by atoms with van der Waals surface area (Å²) in [6.07, 6.45) is 12.3. The fourth-order valence-electron chi connectivity index (χ4n) is 4.98. The summed E-state index contributed by atoms with van der Waals surface area (Å²) in [6, 6.07) is 12.5. The van der Waals surface area contributed by atoms with Crippen LogP contribution in [0, 0.1) is 16.7 Å². The third kappa shape index (κ3) is 4.81. The Labute approximate surface area is 195 Å². The molecule has 0 spiro atoms. The Morgan fingerprint density at radius 1 is 1.33 bits per heavy atom. The minimum atomic E-state index is -0.117. The van der Waals surface area contributed by atoms with Gasteiger partial charge in [0.2, 0.25) is 0 Å². The third-order valence-corrected chi connectivity index (χ3v) is 6.65. The standard InChI is InChI=1S/C26H30N6O/c1-28-24(22-11-15-30-25(22)29-2)21-16-31-32(17-21)23(10-14-27)26(12-6-7-13-26)19-33-18-20-8-4-3-5-9-20/h3-5,8-9,11,15-17,23H,1,6-7,10,12-13,18-19H2,2H3,(H,29,30)/b24-22-. The van der Waals surface area contributed by atoms with Crippen LogP contribution in [0.3, 0.4) is 0 Å². The van der Waals surface area contributed by atoms with Gasteiger partial charge < -0.3 is 10.1 Å². The number of hydrogen-bond acceptors (Lipinski definition) is 5. The summed E-state index contributed by atoms with van der Waals surface area (Å²) in [5.41, 5.74) is 3.50. The molecule has 4 rings (SSSR count). The summed E-state index contributed by atoms with van der Waals surface area (Å²) in [6.45, 7) is 4.95. The molecule has 7 heteroatoms. The molecule has 7 nitrogen and oxygen atoms in total. The van der Waals surface area contributed by atoms with Crippen molar-refractivity contribution in [3.05, 3.63) is 71.7 Å². The number of rotatable bonds is 9. The fraction of sp³-hybridized carbons (Fsp3) is 0.385. The number of nitriles is 1. The molecule has 1 aromatic heterocycles. The van der Waals surface area contributed by atoms with E-state index in [9.17, 15) is 5.26 Å². The number of nitrogens with zero attached hydrogens (tertiary/aromatic N) is 5. The van der Waals surface area contributed by atoms with Gasteiger partial charge in [0.25, 0.3) is 0 Å². The molecule has 0 amide bonds. The zero-order valence-electron chi connectivity index (χ0n) is 19.1. The van der Waals surface area contributed by atoms with Gasteiger partial charge in [-0.25, -0.2) is 0 Å². The molecule has 1 aliphatic carbocycles. The summed E-state index contributed by atoms with van der Waals surface area (Å²) < 4.78 is 8.16. The predicted molar refractivity (Wildman–Crippen MR) is 131 cm³/mol. The molecule has 0 bridgehead atoms. The highest BCUT2D eigenvalue weighted by molar-refractivity contribution is 6.09. The molecule has 1 atom stereocenters. The monoisotopic (exact) mass is 442 g/mol. The van der Waals surface area contributed by atoms with Crippen LogP contribution in [0.25, 0.3) is 5.70 Å². The average molecular weight is 443 g/mol. The van der Waals surface area contributed by atoms with Crippen molar-refractivity contribution < 1.29 is 4.74 Å². The minimum Gasteiger partial charge on any atom is -0.376 e. The number of aromatic nitrogens is 2. The lowest BCUT2D eigenvalue weighted by Crippen LogP contribution is -2.35. The second kappa shape index (κ2) is 10.4. The van der Waals surface area contributed by atoms with E-state index < -0.39 is 0 Å². The summed E-state index contributed by atoms with van der Waals surface area (Å²) in [5.74, 6) is 0.750. The molecule has 2 aromatic rings. The summed E-state index contributed by atoms with van der Waals surface area (Å²) in [4.78, 5) is 8.55. The van der Waals surface area contributed by atoms with Gasteiger partial charge in [-0.05, 0) is 31.2 Å². The highest BCUT2D eigenvalue weighted by atomic mass is 16.5. The molecular formula is C26H30N6O. The first-order valence-electron chi connectivity index (χ1n) is 11.3. The van der Waals surface area contributed by atoms with Crippen molar-refractivity contribution in [2.24, 2.45) is 15.4 Å². The van der Waals surface area contributed by atoms with Crippen LogP contribution < -0.4 is 5.32 Å². The quantitative estimate of drug-likeness (QED) is 0.572. The van der Waals surface area contributed by atoms with Crippen molar-refractivity contribution >= 4 is 18.3 Å². The summed E-state index contributed by atoms with van der Waals surface area (Å²) in [7, 11) is 1.74. The van der Waals surface area contributed by atoms with Crippen LogP contribution in [0.15, 0.2) is 70.6 Å². The Bertz CT molecular complexity index is 1100. The molecule has 1 N–H and O–H groups in total. The molecule has 0 radical (unpaired) electrons. The first-order chi connectivity index (χ1) is 16.2. The predicted octanol–water partition coefficient (Wildman–Crippen LogP) is 4.67. The maximum Gasteiger partial charge on any atom is 0.134 e. The maximum absolute atomic E-state index is 9.67. The van der Waals surface area contributed by atoms with E-state index in [1.165, 1.54) is 0 Å². The molecule has 1 fully saturated rings. The molecule has 33 heavy (non-hydrogen) atoms. The smallest absolute Gasteiger partial charge is 0.134 e. The number of hydrogen-bond donors (Lipinski definition) is 1. The Morgan fingerprint density at radius 3 is 2.82 bits per heavy atom. The molecule has 1 aliphatic heterocycles. The molecule has 1 saturated carbocycles. The first kappa shape index (κ1) is 22.7. The van der Waals surface area contributed by atoms with Gasteiger partial charge in [-0.15, -0.1) is 0 Å². The van der Waals surface area contributed by atoms with Gasteiger partial charge in [0.05, 0.1) is 43.6 Å².